The van der Waals surface area contributed by atoms with Crippen LogP contribution in [0, 0.1) is 11.7 Å². The Hall–Kier alpha value is -3.46. The van der Waals surface area contributed by atoms with Gasteiger partial charge in [0.1, 0.15) is 12.3 Å². The lowest BCUT2D eigenvalue weighted by Crippen LogP contribution is -2.43. The third kappa shape index (κ3) is 7.01. The predicted octanol–water partition coefficient (Wildman–Crippen LogP) is 4.34. The van der Waals surface area contributed by atoms with Gasteiger partial charge in [-0.3, -0.25) is 30.1 Å². The van der Waals surface area contributed by atoms with Crippen LogP contribution >= 0.6 is 12.2 Å². The molecule has 1 heterocycles. The van der Waals surface area contributed by atoms with E-state index in [2.05, 4.69) is 28.0 Å². The molecule has 2 amide bonds. The number of carbonyl (C=O) groups is 2. The summed E-state index contributed by atoms with van der Waals surface area (Å²) in [5, 5.41) is 6.93. The van der Waals surface area contributed by atoms with E-state index in [-0.39, 0.29) is 6.54 Å². The lowest BCUT2D eigenvalue weighted by molar-refractivity contribution is -0.122. The summed E-state index contributed by atoms with van der Waals surface area (Å²) in [4.78, 5) is 24.8. The van der Waals surface area contributed by atoms with Crippen LogP contribution in [0.15, 0.2) is 48.5 Å². The number of benzene rings is 2. The average molecular weight is 468 g/mol. The normalized spacial score (nSPS) is 10.6. The topological polar surface area (TPSA) is 101 Å². The van der Waals surface area contributed by atoms with Gasteiger partial charge in [0.05, 0.1) is 6.61 Å². The van der Waals surface area contributed by atoms with E-state index in [1.165, 1.54) is 12.8 Å². The van der Waals surface area contributed by atoms with Crippen LogP contribution in [0.4, 0.5) is 0 Å². The van der Waals surface area contributed by atoms with E-state index < -0.39 is 11.8 Å². The highest BCUT2D eigenvalue weighted by Crippen LogP contribution is 2.18. The van der Waals surface area contributed by atoms with Crippen LogP contribution in [0.25, 0.3) is 11.4 Å². The van der Waals surface area contributed by atoms with E-state index in [4.69, 9.17) is 17.0 Å². The van der Waals surface area contributed by atoms with Gasteiger partial charge in [-0.15, -0.1) is 0 Å². The maximum absolute atomic E-state index is 12.4. The van der Waals surface area contributed by atoms with Crippen molar-refractivity contribution >= 4 is 24.0 Å². The quantitative estimate of drug-likeness (QED) is 0.234. The largest absolute Gasteiger partial charge is 0.494 e. The molecule has 2 aromatic carbocycles. The molecule has 1 aromatic heterocycles. The molecular formula is C24H29N5O3S. The number of aryl methyl sites for hydroxylation is 1. The van der Waals surface area contributed by atoms with E-state index in [0.29, 0.717) is 28.5 Å². The Balaban J connectivity index is 1.51. The summed E-state index contributed by atoms with van der Waals surface area (Å²) in [6.45, 7) is 4.72. The second kappa shape index (κ2) is 12.0. The molecule has 0 saturated carbocycles. The Morgan fingerprint density at radius 2 is 1.76 bits per heavy atom. The zero-order valence-electron chi connectivity index (χ0n) is 18.9. The number of unbranched alkanes of at least 4 members (excludes halogenated alkanes) is 3. The van der Waals surface area contributed by atoms with Crippen molar-refractivity contribution in [2.75, 3.05) is 6.61 Å². The Morgan fingerprint density at radius 1 is 1.03 bits per heavy atom. The number of aromatic amines is 1. The van der Waals surface area contributed by atoms with Crippen LogP contribution in [0.1, 0.15) is 48.5 Å². The number of carbonyl (C=O) groups excluding carboxylic acids is 2. The van der Waals surface area contributed by atoms with Crippen molar-refractivity contribution in [1.82, 2.24) is 25.6 Å². The molecule has 0 aliphatic carbocycles. The minimum Gasteiger partial charge on any atom is -0.494 e. The first-order chi connectivity index (χ1) is 16.0. The number of hydrogen-bond donors (Lipinski definition) is 3. The van der Waals surface area contributed by atoms with Crippen LogP contribution in [0.2, 0.25) is 0 Å². The number of hydrogen-bond acceptors (Lipinski definition) is 5. The molecule has 0 spiro atoms. The molecule has 174 valence electrons. The van der Waals surface area contributed by atoms with Crippen molar-refractivity contribution in [2.24, 2.45) is 0 Å². The van der Waals surface area contributed by atoms with E-state index in [0.717, 1.165) is 24.0 Å². The molecule has 0 bridgehead atoms. The van der Waals surface area contributed by atoms with Crippen molar-refractivity contribution in [2.45, 2.75) is 46.1 Å². The zero-order chi connectivity index (χ0) is 23.6. The number of rotatable bonds is 10. The first-order valence-corrected chi connectivity index (χ1v) is 11.4. The number of nitrogens with zero attached hydrogens (tertiary/aromatic N) is 2. The minimum atomic E-state index is -0.429. The summed E-state index contributed by atoms with van der Waals surface area (Å²) in [6, 6.07) is 14.5. The van der Waals surface area contributed by atoms with Crippen molar-refractivity contribution in [3.05, 3.63) is 64.4 Å². The standard InChI is InChI=1S/C24H29N5O3S/c1-3-4-5-6-15-32-20-13-11-19(12-14-20)23(31)27-25-21(30)16-29-22(26-28-24(29)33)18-9-7-17(2)8-10-18/h7-14H,3-6,15-16H2,1-2H3,(H,25,30)(H,27,31)(H,28,33). The van der Waals surface area contributed by atoms with Crippen molar-refractivity contribution < 1.29 is 14.3 Å². The molecule has 33 heavy (non-hydrogen) atoms. The van der Waals surface area contributed by atoms with Gasteiger partial charge in [-0.25, -0.2) is 0 Å². The monoisotopic (exact) mass is 467 g/mol. The van der Waals surface area contributed by atoms with Gasteiger partial charge in [0.25, 0.3) is 11.8 Å². The summed E-state index contributed by atoms with van der Waals surface area (Å²) in [7, 11) is 0. The Labute approximate surface area is 198 Å². The lowest BCUT2D eigenvalue weighted by atomic mass is 10.1. The zero-order valence-corrected chi connectivity index (χ0v) is 19.7. The Bertz CT molecular complexity index is 1120. The number of amides is 2. The smallest absolute Gasteiger partial charge is 0.269 e. The Morgan fingerprint density at radius 3 is 2.45 bits per heavy atom. The third-order valence-electron chi connectivity index (χ3n) is 5.07. The maximum atomic E-state index is 12.4. The summed E-state index contributed by atoms with van der Waals surface area (Å²) in [5.74, 6) is 0.408. The van der Waals surface area contributed by atoms with Gasteiger partial charge < -0.3 is 4.74 Å². The number of nitrogens with one attached hydrogen (secondary N) is 3. The van der Waals surface area contributed by atoms with Gasteiger partial charge in [0.2, 0.25) is 0 Å². The molecule has 0 atom stereocenters. The molecule has 0 aliphatic rings. The third-order valence-corrected chi connectivity index (χ3v) is 5.38. The van der Waals surface area contributed by atoms with E-state index in [1.807, 2.05) is 31.2 Å². The molecule has 9 heteroatoms. The summed E-state index contributed by atoms with van der Waals surface area (Å²) in [5.41, 5.74) is 7.21. The SMILES string of the molecule is CCCCCCOc1ccc(C(=O)NNC(=O)Cn2c(-c3ccc(C)cc3)n[nH]c2=S)cc1. The van der Waals surface area contributed by atoms with E-state index >= 15 is 0 Å². The van der Waals surface area contributed by atoms with Crippen LogP contribution in [-0.4, -0.2) is 33.2 Å². The van der Waals surface area contributed by atoms with Gasteiger partial charge in [-0.1, -0.05) is 56.0 Å². The number of aromatic nitrogens is 3. The average Bonchev–Trinajstić information content (AvgIpc) is 3.18. The minimum absolute atomic E-state index is 0.0936. The van der Waals surface area contributed by atoms with Gasteiger partial charge in [0.15, 0.2) is 10.6 Å². The first kappa shape index (κ1) is 24.2. The summed E-state index contributed by atoms with van der Waals surface area (Å²) < 4.78 is 7.58. The number of ether oxygens (including phenoxy) is 1. The number of hydrazine groups is 1. The molecule has 3 N–H and O–H groups in total. The molecule has 0 saturated heterocycles. The molecule has 3 rings (SSSR count). The maximum Gasteiger partial charge on any atom is 0.269 e. The summed E-state index contributed by atoms with van der Waals surface area (Å²) in [6.07, 6.45) is 4.54. The fourth-order valence-corrected chi connectivity index (χ4v) is 3.39. The predicted molar refractivity (Wildman–Crippen MR) is 129 cm³/mol. The van der Waals surface area contributed by atoms with E-state index in [1.54, 1.807) is 28.8 Å². The van der Waals surface area contributed by atoms with Crippen molar-refractivity contribution in [3.63, 3.8) is 0 Å². The summed E-state index contributed by atoms with van der Waals surface area (Å²) >= 11 is 5.26. The highest BCUT2D eigenvalue weighted by atomic mass is 32.1. The molecule has 0 unspecified atom stereocenters. The van der Waals surface area contributed by atoms with Gasteiger partial charge in [-0.2, -0.15) is 5.10 Å². The van der Waals surface area contributed by atoms with Gasteiger partial charge in [0, 0.05) is 11.1 Å². The highest BCUT2D eigenvalue weighted by molar-refractivity contribution is 7.71. The van der Waals surface area contributed by atoms with Crippen LogP contribution < -0.4 is 15.6 Å². The Kier molecular flexibility index (Phi) is 8.77. The molecule has 8 nitrogen and oxygen atoms in total. The highest BCUT2D eigenvalue weighted by Gasteiger charge is 2.13. The molecule has 0 aliphatic heterocycles. The second-order valence-electron chi connectivity index (χ2n) is 7.74. The van der Waals surface area contributed by atoms with Crippen molar-refractivity contribution in [1.29, 1.82) is 0 Å². The second-order valence-corrected chi connectivity index (χ2v) is 8.13. The van der Waals surface area contributed by atoms with E-state index in [9.17, 15) is 9.59 Å². The van der Waals surface area contributed by atoms with Crippen LogP contribution in [0.5, 0.6) is 5.75 Å². The fraction of sp³-hybridized carbons (Fsp3) is 0.333. The molecule has 0 fully saturated rings. The molecule has 0 radical (unpaired) electrons. The fourth-order valence-electron chi connectivity index (χ4n) is 3.19. The van der Waals surface area contributed by atoms with Crippen LogP contribution in [-0.2, 0) is 11.3 Å². The number of H-pyrrole nitrogens is 1. The molecular weight excluding hydrogens is 438 g/mol. The molecule has 3 aromatic rings. The lowest BCUT2D eigenvalue weighted by Gasteiger charge is -2.10. The van der Waals surface area contributed by atoms with Gasteiger partial charge >= 0.3 is 0 Å². The van der Waals surface area contributed by atoms with Gasteiger partial charge in [-0.05, 0) is 49.8 Å². The van der Waals surface area contributed by atoms with Crippen molar-refractivity contribution in [3.8, 4) is 17.1 Å². The van der Waals surface area contributed by atoms with Crippen LogP contribution in [0.3, 0.4) is 0 Å². The first-order valence-electron chi connectivity index (χ1n) is 11.0.